The van der Waals surface area contributed by atoms with Crippen LogP contribution in [0.2, 0.25) is 0 Å². The zero-order valence-corrected chi connectivity index (χ0v) is 12.2. The Morgan fingerprint density at radius 2 is 2.06 bits per heavy atom. The van der Waals surface area contributed by atoms with Crippen molar-refractivity contribution < 1.29 is 9.47 Å². The Kier molecular flexibility index (Phi) is 7.49. The fraction of sp³-hybridized carbons (Fsp3) is 0.571. The molecule has 0 aliphatic carbocycles. The lowest BCUT2D eigenvalue weighted by Crippen LogP contribution is -2.08. The third-order valence-corrected chi connectivity index (χ3v) is 3.52. The normalized spacial score (nSPS) is 12.6. The minimum Gasteiger partial charge on any atom is -0.382 e. The molecule has 0 fully saturated rings. The highest BCUT2D eigenvalue weighted by Crippen LogP contribution is 2.22. The summed E-state index contributed by atoms with van der Waals surface area (Å²) in [4.78, 5) is 0. The first kappa shape index (κ1) is 14.7. The van der Waals surface area contributed by atoms with E-state index in [1.807, 2.05) is 0 Å². The first-order chi connectivity index (χ1) is 8.27. The van der Waals surface area contributed by atoms with Gasteiger partial charge in [-0.1, -0.05) is 45.8 Å². The van der Waals surface area contributed by atoms with Gasteiger partial charge in [-0.15, -0.1) is 0 Å². The summed E-state index contributed by atoms with van der Waals surface area (Å²) in [5.41, 5.74) is 2.70. The highest BCUT2D eigenvalue weighted by atomic mass is 79.9. The van der Waals surface area contributed by atoms with Crippen LogP contribution in [0.15, 0.2) is 24.3 Å². The molecule has 0 N–H and O–H groups in total. The van der Waals surface area contributed by atoms with Crippen molar-refractivity contribution in [2.24, 2.45) is 0 Å². The molecule has 1 aromatic rings. The number of aryl methyl sites for hydroxylation is 1. The SMILES string of the molecule is COCCOCCC(CBr)c1cccc(C)c1. The predicted octanol–water partition coefficient (Wildman–Crippen LogP) is 3.53. The maximum absolute atomic E-state index is 5.51. The van der Waals surface area contributed by atoms with Gasteiger partial charge in [0.15, 0.2) is 0 Å². The standard InChI is InChI=1S/C14H21BrO2/c1-12-4-3-5-13(10-12)14(11-15)6-7-17-9-8-16-2/h3-5,10,14H,6-9,11H2,1-2H3. The molecule has 0 heterocycles. The molecule has 1 aromatic carbocycles. The van der Waals surface area contributed by atoms with Gasteiger partial charge in [-0.05, 0) is 24.8 Å². The van der Waals surface area contributed by atoms with E-state index in [-0.39, 0.29) is 0 Å². The summed E-state index contributed by atoms with van der Waals surface area (Å²) in [6.07, 6.45) is 1.04. The number of rotatable bonds is 8. The quantitative estimate of drug-likeness (QED) is 0.540. The zero-order chi connectivity index (χ0) is 12.5. The highest BCUT2D eigenvalue weighted by molar-refractivity contribution is 9.09. The van der Waals surface area contributed by atoms with Gasteiger partial charge in [0.2, 0.25) is 0 Å². The molecule has 1 unspecified atom stereocenters. The molecule has 2 nitrogen and oxygen atoms in total. The van der Waals surface area contributed by atoms with Gasteiger partial charge in [0.05, 0.1) is 13.2 Å². The van der Waals surface area contributed by atoms with Gasteiger partial charge >= 0.3 is 0 Å². The second-order valence-electron chi connectivity index (χ2n) is 4.16. The van der Waals surface area contributed by atoms with Crippen LogP contribution in [0.3, 0.4) is 0 Å². The number of ether oxygens (including phenoxy) is 2. The van der Waals surface area contributed by atoms with E-state index < -0.39 is 0 Å². The molecule has 1 rings (SSSR count). The summed E-state index contributed by atoms with van der Waals surface area (Å²) >= 11 is 3.58. The smallest absolute Gasteiger partial charge is 0.0700 e. The predicted molar refractivity (Wildman–Crippen MR) is 75.0 cm³/mol. The highest BCUT2D eigenvalue weighted by Gasteiger charge is 2.09. The van der Waals surface area contributed by atoms with Crippen LogP contribution in [0.5, 0.6) is 0 Å². The van der Waals surface area contributed by atoms with Crippen LogP contribution < -0.4 is 0 Å². The van der Waals surface area contributed by atoms with Crippen molar-refractivity contribution in [1.82, 2.24) is 0 Å². The Bertz CT molecular complexity index is 315. The molecule has 96 valence electrons. The minimum atomic E-state index is 0.525. The van der Waals surface area contributed by atoms with Crippen molar-refractivity contribution in [2.75, 3.05) is 32.3 Å². The average molecular weight is 301 g/mol. The first-order valence-electron chi connectivity index (χ1n) is 5.97. The van der Waals surface area contributed by atoms with Crippen LogP contribution >= 0.6 is 15.9 Å². The largest absolute Gasteiger partial charge is 0.382 e. The molecule has 0 saturated carbocycles. The van der Waals surface area contributed by atoms with Gasteiger partial charge < -0.3 is 9.47 Å². The molecule has 0 bridgehead atoms. The third kappa shape index (κ3) is 5.66. The van der Waals surface area contributed by atoms with Crippen LogP contribution in [0.25, 0.3) is 0 Å². The Balaban J connectivity index is 2.38. The van der Waals surface area contributed by atoms with E-state index in [2.05, 4.69) is 47.1 Å². The van der Waals surface area contributed by atoms with E-state index >= 15 is 0 Å². The lowest BCUT2D eigenvalue weighted by molar-refractivity contribution is 0.0677. The maximum atomic E-state index is 5.51. The van der Waals surface area contributed by atoms with E-state index in [0.717, 1.165) is 18.4 Å². The molecule has 0 saturated heterocycles. The van der Waals surface area contributed by atoms with Crippen molar-refractivity contribution in [1.29, 1.82) is 0 Å². The van der Waals surface area contributed by atoms with Crippen molar-refractivity contribution >= 4 is 15.9 Å². The Morgan fingerprint density at radius 1 is 1.24 bits per heavy atom. The minimum absolute atomic E-state index is 0.525. The molecule has 0 amide bonds. The molecular weight excluding hydrogens is 280 g/mol. The second kappa shape index (κ2) is 8.67. The molecule has 1 atom stereocenters. The van der Waals surface area contributed by atoms with Crippen molar-refractivity contribution in [3.8, 4) is 0 Å². The summed E-state index contributed by atoms with van der Waals surface area (Å²) in [7, 11) is 1.69. The van der Waals surface area contributed by atoms with Crippen LogP contribution in [0.1, 0.15) is 23.5 Å². The fourth-order valence-corrected chi connectivity index (χ4v) is 2.42. The first-order valence-corrected chi connectivity index (χ1v) is 7.09. The van der Waals surface area contributed by atoms with Gasteiger partial charge in [-0.3, -0.25) is 0 Å². The van der Waals surface area contributed by atoms with E-state index in [0.29, 0.717) is 19.1 Å². The molecule has 0 spiro atoms. The Morgan fingerprint density at radius 3 is 2.71 bits per heavy atom. The van der Waals surface area contributed by atoms with Crippen LogP contribution in [0.4, 0.5) is 0 Å². The number of halogens is 1. The molecule has 3 heteroatoms. The Labute approximate surface area is 112 Å². The molecule has 17 heavy (non-hydrogen) atoms. The number of hydrogen-bond donors (Lipinski definition) is 0. The number of hydrogen-bond acceptors (Lipinski definition) is 2. The molecular formula is C14H21BrO2. The monoisotopic (exact) mass is 300 g/mol. The summed E-state index contributed by atoms with van der Waals surface area (Å²) in [5.74, 6) is 0.525. The summed E-state index contributed by atoms with van der Waals surface area (Å²) in [6.45, 7) is 4.26. The van der Waals surface area contributed by atoms with Gasteiger partial charge in [-0.25, -0.2) is 0 Å². The summed E-state index contributed by atoms with van der Waals surface area (Å²) < 4.78 is 10.5. The molecule has 0 radical (unpaired) electrons. The lowest BCUT2D eigenvalue weighted by atomic mass is 9.97. The third-order valence-electron chi connectivity index (χ3n) is 2.74. The van der Waals surface area contributed by atoms with Gasteiger partial charge in [0.25, 0.3) is 0 Å². The van der Waals surface area contributed by atoms with Crippen LogP contribution in [-0.4, -0.2) is 32.3 Å². The summed E-state index contributed by atoms with van der Waals surface area (Å²) in [6, 6.07) is 8.69. The van der Waals surface area contributed by atoms with Gasteiger partial charge in [0.1, 0.15) is 0 Å². The molecule has 0 aromatic heterocycles. The van der Waals surface area contributed by atoms with Crippen LogP contribution in [-0.2, 0) is 9.47 Å². The van der Waals surface area contributed by atoms with Crippen molar-refractivity contribution in [2.45, 2.75) is 19.3 Å². The number of benzene rings is 1. The Hall–Kier alpha value is -0.380. The number of alkyl halides is 1. The van der Waals surface area contributed by atoms with Gasteiger partial charge in [0, 0.05) is 19.0 Å². The van der Waals surface area contributed by atoms with E-state index in [1.165, 1.54) is 11.1 Å². The molecule has 0 aliphatic rings. The average Bonchev–Trinajstić information content (AvgIpc) is 2.34. The number of methoxy groups -OCH3 is 1. The van der Waals surface area contributed by atoms with Crippen molar-refractivity contribution in [3.05, 3.63) is 35.4 Å². The lowest BCUT2D eigenvalue weighted by Gasteiger charge is -2.15. The van der Waals surface area contributed by atoms with Crippen LogP contribution in [0, 0.1) is 6.92 Å². The fourth-order valence-electron chi connectivity index (χ4n) is 1.73. The van der Waals surface area contributed by atoms with Crippen molar-refractivity contribution in [3.63, 3.8) is 0 Å². The summed E-state index contributed by atoms with van der Waals surface area (Å²) in [5, 5.41) is 0.976. The molecule has 0 aliphatic heterocycles. The van der Waals surface area contributed by atoms with E-state index in [4.69, 9.17) is 9.47 Å². The van der Waals surface area contributed by atoms with Gasteiger partial charge in [-0.2, -0.15) is 0 Å². The van der Waals surface area contributed by atoms with E-state index in [1.54, 1.807) is 7.11 Å². The maximum Gasteiger partial charge on any atom is 0.0700 e. The zero-order valence-electron chi connectivity index (χ0n) is 10.6. The topological polar surface area (TPSA) is 18.5 Å². The second-order valence-corrected chi connectivity index (χ2v) is 4.81. The van der Waals surface area contributed by atoms with E-state index in [9.17, 15) is 0 Å².